The van der Waals surface area contributed by atoms with Gasteiger partial charge in [0.15, 0.2) is 5.43 Å². The van der Waals surface area contributed by atoms with Crippen LogP contribution in [0.3, 0.4) is 0 Å². The van der Waals surface area contributed by atoms with Gasteiger partial charge in [0.1, 0.15) is 0 Å². The van der Waals surface area contributed by atoms with Gasteiger partial charge in [-0.2, -0.15) is 0 Å². The van der Waals surface area contributed by atoms with E-state index in [0.29, 0.717) is 6.04 Å². The van der Waals surface area contributed by atoms with Crippen molar-refractivity contribution in [2.24, 2.45) is 0 Å². The normalized spacial score (nSPS) is 22.7. The van der Waals surface area contributed by atoms with Gasteiger partial charge < -0.3 is 9.72 Å². The molecule has 5 nitrogen and oxygen atoms in total. The molecule has 0 radical (unpaired) electrons. The van der Waals surface area contributed by atoms with E-state index in [9.17, 15) is 4.79 Å². The van der Waals surface area contributed by atoms with Crippen molar-refractivity contribution in [3.8, 4) is 0 Å². The highest BCUT2D eigenvalue weighted by Gasteiger charge is 2.25. The number of aryl methyl sites for hydroxylation is 1. The van der Waals surface area contributed by atoms with Crippen molar-refractivity contribution >= 4 is 10.9 Å². The Bertz CT molecular complexity index is 810. The summed E-state index contributed by atoms with van der Waals surface area (Å²) in [5, 5.41) is 0.789. The van der Waals surface area contributed by atoms with Crippen LogP contribution in [0, 0.1) is 6.92 Å². The first-order valence-electron chi connectivity index (χ1n) is 9.86. The van der Waals surface area contributed by atoms with Crippen LogP contribution in [0.2, 0.25) is 0 Å². The Balaban J connectivity index is 1.51. The largest absolute Gasteiger partial charge is 0.379 e. The molecule has 5 heteroatoms. The monoisotopic (exact) mass is 355 g/mol. The lowest BCUT2D eigenvalue weighted by Gasteiger charge is -2.39. The molecule has 0 spiro atoms. The first-order valence-corrected chi connectivity index (χ1v) is 9.86. The third-order valence-corrected chi connectivity index (χ3v) is 5.74. The van der Waals surface area contributed by atoms with Gasteiger partial charge in [0.05, 0.1) is 13.2 Å². The van der Waals surface area contributed by atoms with Gasteiger partial charge in [-0.15, -0.1) is 0 Å². The van der Waals surface area contributed by atoms with Crippen LogP contribution < -0.4 is 5.43 Å². The van der Waals surface area contributed by atoms with Crippen molar-refractivity contribution in [1.29, 1.82) is 0 Å². The number of morpholine rings is 1. The van der Waals surface area contributed by atoms with Crippen LogP contribution in [0.1, 0.15) is 30.5 Å². The smallest absolute Gasteiger partial charge is 0.189 e. The van der Waals surface area contributed by atoms with Gasteiger partial charge in [-0.3, -0.25) is 14.6 Å². The van der Waals surface area contributed by atoms with Crippen LogP contribution >= 0.6 is 0 Å². The van der Waals surface area contributed by atoms with Crippen molar-refractivity contribution in [1.82, 2.24) is 14.8 Å². The van der Waals surface area contributed by atoms with Gasteiger partial charge >= 0.3 is 0 Å². The zero-order chi connectivity index (χ0) is 17.9. The molecule has 0 unspecified atom stereocenters. The summed E-state index contributed by atoms with van der Waals surface area (Å²) in [5.74, 6) is 0. The molecule has 1 atom stereocenters. The molecule has 1 aromatic carbocycles. The fraction of sp³-hybridized carbons (Fsp3) is 0.571. The molecule has 2 saturated heterocycles. The van der Waals surface area contributed by atoms with Crippen molar-refractivity contribution in [3.05, 3.63) is 45.7 Å². The van der Waals surface area contributed by atoms with Gasteiger partial charge in [0.2, 0.25) is 0 Å². The van der Waals surface area contributed by atoms with Crippen molar-refractivity contribution in [2.45, 2.75) is 38.8 Å². The number of ether oxygens (including phenoxy) is 1. The van der Waals surface area contributed by atoms with Crippen LogP contribution in [0.25, 0.3) is 10.9 Å². The number of nitrogens with zero attached hydrogens (tertiary/aromatic N) is 2. The van der Waals surface area contributed by atoms with E-state index in [1.54, 1.807) is 6.07 Å². The average molecular weight is 355 g/mol. The molecule has 2 fully saturated rings. The number of benzene rings is 1. The van der Waals surface area contributed by atoms with E-state index in [2.05, 4.69) is 20.9 Å². The van der Waals surface area contributed by atoms with Crippen LogP contribution in [0.5, 0.6) is 0 Å². The number of rotatable bonds is 4. The minimum Gasteiger partial charge on any atom is -0.379 e. The number of hydrogen-bond acceptors (Lipinski definition) is 4. The van der Waals surface area contributed by atoms with Gasteiger partial charge in [-0.25, -0.2) is 0 Å². The topological polar surface area (TPSA) is 48.6 Å². The molecule has 140 valence electrons. The second-order valence-electron chi connectivity index (χ2n) is 7.74. The minimum atomic E-state index is 0.124. The molecular formula is C21H29N3O2. The second kappa shape index (κ2) is 7.91. The highest BCUT2D eigenvalue weighted by atomic mass is 16.5. The predicted octanol–water partition coefficient (Wildman–Crippen LogP) is 2.52. The molecule has 2 aliphatic rings. The molecule has 2 aromatic rings. The number of fused-ring (bicyclic) bond motifs is 1. The maximum Gasteiger partial charge on any atom is 0.189 e. The molecule has 1 N–H and O–H groups in total. The first-order chi connectivity index (χ1) is 12.7. The fourth-order valence-electron chi connectivity index (χ4n) is 4.28. The summed E-state index contributed by atoms with van der Waals surface area (Å²) in [7, 11) is 0. The Morgan fingerprint density at radius 2 is 2.00 bits per heavy atom. The number of pyridine rings is 1. The Labute approximate surface area is 154 Å². The Morgan fingerprint density at radius 1 is 1.15 bits per heavy atom. The van der Waals surface area contributed by atoms with E-state index in [0.717, 1.165) is 68.1 Å². The third-order valence-electron chi connectivity index (χ3n) is 5.74. The van der Waals surface area contributed by atoms with Crippen molar-refractivity contribution in [2.75, 3.05) is 39.4 Å². The number of piperidine rings is 1. The zero-order valence-electron chi connectivity index (χ0n) is 15.7. The van der Waals surface area contributed by atoms with E-state index in [1.807, 2.05) is 19.1 Å². The van der Waals surface area contributed by atoms with Gasteiger partial charge in [0.25, 0.3) is 0 Å². The zero-order valence-corrected chi connectivity index (χ0v) is 15.7. The summed E-state index contributed by atoms with van der Waals surface area (Å²) in [6, 6.07) is 8.42. The van der Waals surface area contributed by atoms with E-state index in [-0.39, 0.29) is 5.43 Å². The third kappa shape index (κ3) is 4.00. The summed E-state index contributed by atoms with van der Waals surface area (Å²) >= 11 is 0. The molecule has 3 heterocycles. The lowest BCUT2D eigenvalue weighted by molar-refractivity contribution is 0.0151. The molecule has 2 aliphatic heterocycles. The fourth-order valence-corrected chi connectivity index (χ4v) is 4.28. The molecule has 0 saturated carbocycles. The van der Waals surface area contributed by atoms with Crippen LogP contribution in [-0.4, -0.2) is 60.2 Å². The average Bonchev–Trinajstić information content (AvgIpc) is 2.65. The van der Waals surface area contributed by atoms with E-state index in [4.69, 9.17) is 4.74 Å². The first kappa shape index (κ1) is 17.7. The van der Waals surface area contributed by atoms with Gasteiger partial charge in [-0.05, 0) is 38.4 Å². The summed E-state index contributed by atoms with van der Waals surface area (Å²) in [4.78, 5) is 21.1. The highest BCUT2D eigenvalue weighted by Crippen LogP contribution is 2.21. The molecule has 4 rings (SSSR count). The Morgan fingerprint density at radius 3 is 2.85 bits per heavy atom. The molecule has 0 aliphatic carbocycles. The van der Waals surface area contributed by atoms with E-state index < -0.39 is 0 Å². The van der Waals surface area contributed by atoms with Gasteiger partial charge in [-0.1, -0.05) is 18.1 Å². The number of aromatic amines is 1. The number of hydrogen-bond donors (Lipinski definition) is 1. The lowest BCUT2D eigenvalue weighted by Crippen LogP contribution is -2.49. The summed E-state index contributed by atoms with van der Waals surface area (Å²) < 4.78 is 5.48. The summed E-state index contributed by atoms with van der Waals surface area (Å²) in [6.07, 6.45) is 3.80. The van der Waals surface area contributed by atoms with Crippen LogP contribution in [0.4, 0.5) is 0 Å². The number of likely N-dealkylation sites (tertiary alicyclic amines) is 1. The molecule has 26 heavy (non-hydrogen) atoms. The van der Waals surface area contributed by atoms with Crippen molar-refractivity contribution in [3.63, 3.8) is 0 Å². The van der Waals surface area contributed by atoms with Crippen molar-refractivity contribution < 1.29 is 4.74 Å². The summed E-state index contributed by atoms with van der Waals surface area (Å²) in [5.41, 5.74) is 3.22. The quantitative estimate of drug-likeness (QED) is 0.916. The van der Waals surface area contributed by atoms with E-state index >= 15 is 0 Å². The molecular weight excluding hydrogens is 326 g/mol. The minimum absolute atomic E-state index is 0.124. The van der Waals surface area contributed by atoms with E-state index in [1.165, 1.54) is 19.3 Å². The molecule has 0 bridgehead atoms. The number of aromatic nitrogens is 1. The number of H-pyrrole nitrogens is 1. The standard InChI is InChI=1S/C21H29N3O2/c1-16-5-6-20-19(12-16)21(25)13-17(22-20)14-24-7-3-2-4-18(24)15-23-8-10-26-11-9-23/h5-6,12-13,18H,2-4,7-11,14-15H2,1H3,(H,22,25)/t18-/m1/s1. The second-order valence-corrected chi connectivity index (χ2v) is 7.74. The maximum absolute atomic E-state index is 12.5. The predicted molar refractivity (Wildman–Crippen MR) is 105 cm³/mol. The Kier molecular flexibility index (Phi) is 5.38. The molecule has 1 aromatic heterocycles. The maximum atomic E-state index is 12.5. The number of nitrogens with one attached hydrogen (secondary N) is 1. The van der Waals surface area contributed by atoms with Gasteiger partial charge in [0, 0.05) is 54.9 Å². The van der Waals surface area contributed by atoms with Crippen LogP contribution in [-0.2, 0) is 11.3 Å². The Hall–Kier alpha value is -1.69. The molecule has 0 amide bonds. The highest BCUT2D eigenvalue weighted by molar-refractivity contribution is 5.79. The lowest BCUT2D eigenvalue weighted by atomic mass is 10.0. The summed E-state index contributed by atoms with van der Waals surface area (Å²) in [6.45, 7) is 8.86. The SMILES string of the molecule is Cc1ccc2[nH]c(CN3CCCC[C@@H]3CN3CCOCC3)cc(=O)c2c1. The van der Waals surface area contributed by atoms with Crippen LogP contribution in [0.15, 0.2) is 29.1 Å².